The molecule has 1 fully saturated rings. The fourth-order valence-electron chi connectivity index (χ4n) is 1.26. The first-order valence-corrected chi connectivity index (χ1v) is 5.61. The second-order valence-electron chi connectivity index (χ2n) is 3.45. The molecule has 0 aliphatic carbocycles. The summed E-state index contributed by atoms with van der Waals surface area (Å²) >= 11 is 1.62. The maximum atomic E-state index is 11.5. The number of carbonyl (C=O) groups excluding carboxylic acids is 2. The van der Waals surface area contributed by atoms with Gasteiger partial charge in [0.05, 0.1) is 7.11 Å². The third-order valence-corrected chi connectivity index (χ3v) is 3.77. The lowest BCUT2D eigenvalue weighted by molar-refractivity contribution is -0.145. The molecule has 14 heavy (non-hydrogen) atoms. The zero-order valence-corrected chi connectivity index (χ0v) is 9.39. The number of nitrogens with one attached hydrogen (secondary N) is 1. The van der Waals surface area contributed by atoms with Crippen LogP contribution in [0, 0.1) is 5.92 Å². The van der Waals surface area contributed by atoms with Crippen molar-refractivity contribution in [2.45, 2.75) is 25.1 Å². The van der Waals surface area contributed by atoms with Gasteiger partial charge in [0.1, 0.15) is 6.04 Å². The van der Waals surface area contributed by atoms with Gasteiger partial charge in [0.15, 0.2) is 0 Å². The minimum Gasteiger partial charge on any atom is -0.467 e. The molecule has 1 heterocycles. The molecule has 1 amide bonds. The number of thioether (sulfide) groups is 1. The number of rotatable bonds is 1. The van der Waals surface area contributed by atoms with Gasteiger partial charge in [-0.15, -0.1) is 0 Å². The lowest BCUT2D eigenvalue weighted by atomic mass is 10.1. The quantitative estimate of drug-likeness (QED) is 0.647. The Labute approximate surface area is 87.8 Å². The van der Waals surface area contributed by atoms with E-state index in [2.05, 4.69) is 10.1 Å². The fraction of sp³-hybridized carbons (Fsp3) is 0.778. The zero-order valence-electron chi connectivity index (χ0n) is 8.57. The number of hydrogen-bond acceptors (Lipinski definition) is 4. The van der Waals surface area contributed by atoms with Gasteiger partial charge in [0.2, 0.25) is 5.91 Å². The summed E-state index contributed by atoms with van der Waals surface area (Å²) in [6.45, 7) is 3.78. The van der Waals surface area contributed by atoms with Crippen LogP contribution in [0.15, 0.2) is 0 Å². The normalized spacial score (nSPS) is 33.1. The van der Waals surface area contributed by atoms with E-state index >= 15 is 0 Å². The smallest absolute Gasteiger partial charge is 0.329 e. The van der Waals surface area contributed by atoms with E-state index in [1.807, 2.05) is 13.8 Å². The predicted molar refractivity (Wildman–Crippen MR) is 55.0 cm³/mol. The first kappa shape index (κ1) is 11.4. The molecule has 0 spiro atoms. The summed E-state index contributed by atoms with van der Waals surface area (Å²) in [4.78, 5) is 22.8. The number of carbonyl (C=O) groups is 2. The van der Waals surface area contributed by atoms with Crippen molar-refractivity contribution < 1.29 is 14.3 Å². The van der Waals surface area contributed by atoms with E-state index in [4.69, 9.17) is 0 Å². The molecular formula is C9H15NO3S. The summed E-state index contributed by atoms with van der Waals surface area (Å²) in [5, 5.41) is 2.76. The Kier molecular flexibility index (Phi) is 3.80. The van der Waals surface area contributed by atoms with E-state index in [9.17, 15) is 9.59 Å². The Bertz CT molecular complexity index is 242. The van der Waals surface area contributed by atoms with Crippen LogP contribution >= 0.6 is 11.8 Å². The van der Waals surface area contributed by atoms with Crippen molar-refractivity contribution in [1.29, 1.82) is 0 Å². The van der Waals surface area contributed by atoms with E-state index in [0.717, 1.165) is 5.75 Å². The summed E-state index contributed by atoms with van der Waals surface area (Å²) in [5.74, 6) is 0.266. The summed E-state index contributed by atoms with van der Waals surface area (Å²) < 4.78 is 4.63. The third kappa shape index (κ3) is 2.41. The van der Waals surface area contributed by atoms with Crippen LogP contribution in [0.4, 0.5) is 0 Å². The monoisotopic (exact) mass is 217 g/mol. The van der Waals surface area contributed by atoms with Gasteiger partial charge in [-0.3, -0.25) is 4.79 Å². The Hall–Kier alpha value is -0.710. The maximum Gasteiger partial charge on any atom is 0.329 e. The van der Waals surface area contributed by atoms with Crippen LogP contribution < -0.4 is 5.32 Å². The van der Waals surface area contributed by atoms with E-state index in [1.54, 1.807) is 11.8 Å². The van der Waals surface area contributed by atoms with Crippen molar-refractivity contribution in [3.8, 4) is 0 Å². The van der Waals surface area contributed by atoms with Crippen LogP contribution in [-0.4, -0.2) is 36.0 Å². The first-order valence-electron chi connectivity index (χ1n) is 4.56. The van der Waals surface area contributed by atoms with Gasteiger partial charge in [-0.25, -0.2) is 4.79 Å². The highest BCUT2D eigenvalue weighted by Crippen LogP contribution is 2.22. The number of amides is 1. The minimum absolute atomic E-state index is 0.0443. The number of methoxy groups -OCH3 is 1. The van der Waals surface area contributed by atoms with E-state index < -0.39 is 6.04 Å². The van der Waals surface area contributed by atoms with Gasteiger partial charge in [-0.2, -0.15) is 11.8 Å². The molecule has 1 aliphatic rings. The highest BCUT2D eigenvalue weighted by molar-refractivity contribution is 8.00. The average Bonchev–Trinajstić information content (AvgIpc) is 2.30. The van der Waals surface area contributed by atoms with Crippen LogP contribution in [0.2, 0.25) is 0 Å². The van der Waals surface area contributed by atoms with Gasteiger partial charge in [-0.1, -0.05) is 13.8 Å². The lowest BCUT2D eigenvalue weighted by Gasteiger charge is -2.18. The van der Waals surface area contributed by atoms with Gasteiger partial charge >= 0.3 is 5.97 Å². The molecule has 0 aromatic rings. The second kappa shape index (κ2) is 4.68. The van der Waals surface area contributed by atoms with Gasteiger partial charge in [0.25, 0.3) is 0 Å². The van der Waals surface area contributed by atoms with Gasteiger partial charge in [-0.05, 0) is 0 Å². The van der Waals surface area contributed by atoms with E-state index in [-0.39, 0.29) is 23.0 Å². The van der Waals surface area contributed by atoms with Crippen molar-refractivity contribution in [2.24, 2.45) is 5.92 Å². The largest absolute Gasteiger partial charge is 0.467 e. The molecule has 5 heteroatoms. The maximum absolute atomic E-state index is 11.5. The average molecular weight is 217 g/mol. The number of esters is 1. The van der Waals surface area contributed by atoms with Crippen LogP contribution in [0.1, 0.15) is 13.8 Å². The molecule has 1 saturated heterocycles. The molecule has 80 valence electrons. The Morgan fingerprint density at radius 1 is 1.57 bits per heavy atom. The van der Waals surface area contributed by atoms with E-state index in [1.165, 1.54) is 7.11 Å². The molecule has 0 unspecified atom stereocenters. The Balaban J connectivity index is 2.73. The van der Waals surface area contributed by atoms with E-state index in [0.29, 0.717) is 0 Å². The van der Waals surface area contributed by atoms with Crippen LogP contribution in [0.5, 0.6) is 0 Å². The molecule has 0 saturated carbocycles. The molecule has 4 nitrogen and oxygen atoms in total. The molecule has 0 radical (unpaired) electrons. The Morgan fingerprint density at radius 3 is 2.79 bits per heavy atom. The molecule has 0 bridgehead atoms. The number of ether oxygens (including phenoxy) is 1. The molecule has 3 atom stereocenters. The minimum atomic E-state index is -0.512. The predicted octanol–water partition coefficient (Wildman–Crippen LogP) is 0.416. The molecular weight excluding hydrogens is 202 g/mol. The van der Waals surface area contributed by atoms with Crippen LogP contribution in [-0.2, 0) is 14.3 Å². The third-order valence-electron chi connectivity index (χ3n) is 2.28. The molecule has 1 aliphatic heterocycles. The zero-order chi connectivity index (χ0) is 10.7. The van der Waals surface area contributed by atoms with Gasteiger partial charge in [0, 0.05) is 16.9 Å². The van der Waals surface area contributed by atoms with Crippen molar-refractivity contribution in [1.82, 2.24) is 5.32 Å². The summed E-state index contributed by atoms with van der Waals surface area (Å²) in [6.07, 6.45) is 0. The topological polar surface area (TPSA) is 55.4 Å². The van der Waals surface area contributed by atoms with Crippen molar-refractivity contribution in [3.63, 3.8) is 0 Å². The Morgan fingerprint density at radius 2 is 2.21 bits per heavy atom. The molecule has 0 aromatic heterocycles. The van der Waals surface area contributed by atoms with Crippen LogP contribution in [0.25, 0.3) is 0 Å². The summed E-state index contributed by atoms with van der Waals surface area (Å²) in [7, 11) is 1.33. The van der Waals surface area contributed by atoms with Crippen molar-refractivity contribution >= 4 is 23.6 Å². The molecule has 0 aromatic carbocycles. The lowest BCUT2D eigenvalue weighted by Crippen LogP contribution is -2.46. The number of hydrogen-bond donors (Lipinski definition) is 1. The highest BCUT2D eigenvalue weighted by Gasteiger charge is 2.33. The summed E-state index contributed by atoms with van der Waals surface area (Å²) in [5.41, 5.74) is 0. The first-order chi connectivity index (χ1) is 6.56. The standard InChI is InChI=1S/C9H15NO3S/c1-5-4-14-6(2)7(9(12)13-3)10-8(5)11/h5-7H,4H2,1-3H3,(H,10,11)/t5-,6+,7-/m0/s1. The second-order valence-corrected chi connectivity index (χ2v) is 4.86. The van der Waals surface area contributed by atoms with Crippen LogP contribution in [0.3, 0.4) is 0 Å². The van der Waals surface area contributed by atoms with Crippen molar-refractivity contribution in [2.75, 3.05) is 12.9 Å². The molecule has 1 rings (SSSR count). The van der Waals surface area contributed by atoms with Gasteiger partial charge < -0.3 is 10.1 Å². The highest BCUT2D eigenvalue weighted by atomic mass is 32.2. The fourth-order valence-corrected chi connectivity index (χ4v) is 2.37. The van der Waals surface area contributed by atoms with Crippen molar-refractivity contribution in [3.05, 3.63) is 0 Å². The SMILES string of the molecule is COC(=O)[C@H]1NC(=O)[C@@H](C)CS[C@@H]1C. The molecule has 1 N–H and O–H groups in total. The summed E-state index contributed by atoms with van der Waals surface area (Å²) in [6, 6.07) is -0.512.